The first-order valence-corrected chi connectivity index (χ1v) is 10.1. The van der Waals surface area contributed by atoms with Crippen molar-refractivity contribution in [1.82, 2.24) is 14.8 Å². The Balaban J connectivity index is 1.73. The molecule has 1 aromatic heterocycles. The number of thioether (sulfide) groups is 1. The summed E-state index contributed by atoms with van der Waals surface area (Å²) in [6, 6.07) is 15.1. The van der Waals surface area contributed by atoms with E-state index in [9.17, 15) is 4.79 Å². The molecule has 8 heteroatoms. The second kappa shape index (κ2) is 9.73. The number of amides is 1. The number of para-hydroxylation sites is 1. The summed E-state index contributed by atoms with van der Waals surface area (Å²) < 4.78 is 7.17. The van der Waals surface area contributed by atoms with E-state index in [0.717, 1.165) is 22.6 Å². The molecule has 3 aromatic rings. The van der Waals surface area contributed by atoms with Gasteiger partial charge in [0.1, 0.15) is 0 Å². The number of ether oxygens (including phenoxy) is 1. The minimum absolute atomic E-state index is 0.0892. The molecule has 6 nitrogen and oxygen atoms in total. The van der Waals surface area contributed by atoms with E-state index in [-0.39, 0.29) is 11.7 Å². The van der Waals surface area contributed by atoms with Gasteiger partial charge in [-0.1, -0.05) is 41.6 Å². The van der Waals surface area contributed by atoms with E-state index in [0.29, 0.717) is 23.3 Å². The van der Waals surface area contributed by atoms with Crippen molar-refractivity contribution in [1.29, 1.82) is 0 Å². The number of nitrogens with one attached hydrogen (secondary N) is 1. The number of aromatic nitrogens is 3. The maximum absolute atomic E-state index is 12.3. The number of rotatable bonds is 8. The van der Waals surface area contributed by atoms with Crippen molar-refractivity contribution >= 4 is 35.0 Å². The van der Waals surface area contributed by atoms with Gasteiger partial charge in [-0.05, 0) is 42.8 Å². The van der Waals surface area contributed by atoms with Crippen molar-refractivity contribution in [2.75, 3.05) is 24.8 Å². The smallest absolute Gasteiger partial charge is 0.234 e. The Bertz CT molecular complexity index is 944. The standard InChI is InChI=1S/C20H21ClN4O2S/c1-14-5-3-4-6-17(14)22-18(26)13-28-20-24-23-19(25(20)11-12-27-2)15-7-9-16(21)10-8-15/h3-10H,11-13H2,1-2H3,(H,22,26). The van der Waals surface area contributed by atoms with E-state index in [1.807, 2.05) is 60.0 Å². The van der Waals surface area contributed by atoms with Crippen LogP contribution in [-0.2, 0) is 16.1 Å². The van der Waals surface area contributed by atoms with Crippen molar-refractivity contribution in [3.8, 4) is 11.4 Å². The number of hydrogen-bond acceptors (Lipinski definition) is 5. The number of aryl methyl sites for hydroxylation is 1. The predicted octanol–water partition coefficient (Wildman–Crippen LogP) is 4.28. The van der Waals surface area contributed by atoms with E-state index in [1.165, 1.54) is 11.8 Å². The zero-order valence-corrected chi connectivity index (χ0v) is 17.3. The fraction of sp³-hybridized carbons (Fsp3) is 0.250. The summed E-state index contributed by atoms with van der Waals surface area (Å²) in [4.78, 5) is 12.3. The normalized spacial score (nSPS) is 10.8. The zero-order chi connectivity index (χ0) is 19.9. The number of hydrogen-bond donors (Lipinski definition) is 1. The highest BCUT2D eigenvalue weighted by Gasteiger charge is 2.16. The molecule has 0 aliphatic carbocycles. The van der Waals surface area contributed by atoms with E-state index in [2.05, 4.69) is 15.5 Å². The molecule has 0 saturated heterocycles. The maximum atomic E-state index is 12.3. The summed E-state index contributed by atoms with van der Waals surface area (Å²) in [5, 5.41) is 12.8. The topological polar surface area (TPSA) is 69.0 Å². The lowest BCUT2D eigenvalue weighted by atomic mass is 10.2. The lowest BCUT2D eigenvalue weighted by Gasteiger charge is -2.10. The van der Waals surface area contributed by atoms with Gasteiger partial charge in [-0.2, -0.15) is 0 Å². The summed E-state index contributed by atoms with van der Waals surface area (Å²) in [6.45, 7) is 3.06. The molecule has 2 aromatic carbocycles. The van der Waals surface area contributed by atoms with Crippen LogP contribution >= 0.6 is 23.4 Å². The highest BCUT2D eigenvalue weighted by molar-refractivity contribution is 7.99. The summed E-state index contributed by atoms with van der Waals surface area (Å²) in [6.07, 6.45) is 0. The third-order valence-corrected chi connectivity index (χ3v) is 5.31. The van der Waals surface area contributed by atoms with Crippen molar-refractivity contribution < 1.29 is 9.53 Å². The first kappa shape index (κ1) is 20.4. The molecule has 1 N–H and O–H groups in total. The van der Waals surface area contributed by atoms with Crippen LogP contribution in [0.2, 0.25) is 5.02 Å². The molecule has 0 aliphatic heterocycles. The molecule has 146 valence electrons. The van der Waals surface area contributed by atoms with E-state index in [4.69, 9.17) is 16.3 Å². The largest absolute Gasteiger partial charge is 0.383 e. The molecular formula is C20H21ClN4O2S. The van der Waals surface area contributed by atoms with Crippen LogP contribution in [0.25, 0.3) is 11.4 Å². The van der Waals surface area contributed by atoms with Crippen molar-refractivity contribution in [3.05, 3.63) is 59.1 Å². The zero-order valence-electron chi connectivity index (χ0n) is 15.7. The molecule has 1 amide bonds. The monoisotopic (exact) mass is 416 g/mol. The Kier molecular flexibility index (Phi) is 7.08. The van der Waals surface area contributed by atoms with E-state index in [1.54, 1.807) is 7.11 Å². The molecule has 28 heavy (non-hydrogen) atoms. The molecule has 0 aliphatic rings. The highest BCUT2D eigenvalue weighted by atomic mass is 35.5. The van der Waals surface area contributed by atoms with Gasteiger partial charge in [0.05, 0.1) is 18.9 Å². The summed E-state index contributed by atoms with van der Waals surface area (Å²) in [7, 11) is 1.65. The molecule has 0 atom stereocenters. The number of halogens is 1. The van der Waals surface area contributed by atoms with Gasteiger partial charge in [0.2, 0.25) is 5.91 Å². The number of methoxy groups -OCH3 is 1. The Morgan fingerprint density at radius 3 is 2.64 bits per heavy atom. The molecule has 0 bridgehead atoms. The quantitative estimate of drug-likeness (QED) is 0.555. The van der Waals surface area contributed by atoms with Crippen LogP contribution in [0.1, 0.15) is 5.56 Å². The molecular weight excluding hydrogens is 396 g/mol. The molecule has 1 heterocycles. The molecule has 0 radical (unpaired) electrons. The fourth-order valence-corrected chi connectivity index (χ4v) is 3.51. The molecule has 0 unspecified atom stereocenters. The third kappa shape index (κ3) is 5.13. The van der Waals surface area contributed by atoms with Gasteiger partial charge in [0.15, 0.2) is 11.0 Å². The molecule has 3 rings (SSSR count). The highest BCUT2D eigenvalue weighted by Crippen LogP contribution is 2.25. The van der Waals surface area contributed by atoms with Crippen LogP contribution in [0.3, 0.4) is 0 Å². The second-order valence-corrected chi connectivity index (χ2v) is 7.49. The second-order valence-electron chi connectivity index (χ2n) is 6.11. The predicted molar refractivity (Wildman–Crippen MR) is 113 cm³/mol. The van der Waals surface area contributed by atoms with Gasteiger partial charge in [-0.25, -0.2) is 0 Å². The molecule has 0 saturated carbocycles. The average molecular weight is 417 g/mol. The fourth-order valence-electron chi connectivity index (χ4n) is 2.62. The van der Waals surface area contributed by atoms with Crippen LogP contribution in [-0.4, -0.2) is 40.1 Å². The van der Waals surface area contributed by atoms with Crippen molar-refractivity contribution in [2.24, 2.45) is 0 Å². The Morgan fingerprint density at radius 2 is 1.93 bits per heavy atom. The Morgan fingerprint density at radius 1 is 1.18 bits per heavy atom. The summed E-state index contributed by atoms with van der Waals surface area (Å²) >= 11 is 7.32. The minimum Gasteiger partial charge on any atom is -0.383 e. The van der Waals surface area contributed by atoms with Gasteiger partial charge in [0, 0.05) is 23.4 Å². The van der Waals surface area contributed by atoms with Gasteiger partial charge >= 0.3 is 0 Å². The van der Waals surface area contributed by atoms with Crippen LogP contribution in [0.4, 0.5) is 5.69 Å². The van der Waals surface area contributed by atoms with Gasteiger partial charge in [-0.15, -0.1) is 10.2 Å². The van der Waals surface area contributed by atoms with E-state index >= 15 is 0 Å². The third-order valence-electron chi connectivity index (χ3n) is 4.09. The SMILES string of the molecule is COCCn1c(SCC(=O)Nc2ccccc2C)nnc1-c1ccc(Cl)cc1. The summed E-state index contributed by atoms with van der Waals surface area (Å²) in [5.41, 5.74) is 2.74. The van der Waals surface area contributed by atoms with Gasteiger partial charge < -0.3 is 10.1 Å². The van der Waals surface area contributed by atoms with Crippen molar-refractivity contribution in [3.63, 3.8) is 0 Å². The first-order valence-electron chi connectivity index (χ1n) is 8.75. The number of anilines is 1. The number of carbonyl (C=O) groups excluding carboxylic acids is 1. The number of carbonyl (C=O) groups is 1. The van der Waals surface area contributed by atoms with Crippen LogP contribution in [0, 0.1) is 6.92 Å². The Labute approximate surface area is 173 Å². The Hall–Kier alpha value is -2.35. The van der Waals surface area contributed by atoms with Crippen molar-refractivity contribution in [2.45, 2.75) is 18.6 Å². The maximum Gasteiger partial charge on any atom is 0.234 e. The number of benzene rings is 2. The van der Waals surface area contributed by atoms with Crippen LogP contribution < -0.4 is 5.32 Å². The van der Waals surface area contributed by atoms with Crippen LogP contribution in [0.15, 0.2) is 53.7 Å². The molecule has 0 spiro atoms. The summed E-state index contributed by atoms with van der Waals surface area (Å²) in [5.74, 6) is 0.865. The minimum atomic E-state index is -0.0892. The number of nitrogens with zero attached hydrogens (tertiary/aromatic N) is 3. The van der Waals surface area contributed by atoms with Crippen LogP contribution in [0.5, 0.6) is 0 Å². The lowest BCUT2D eigenvalue weighted by molar-refractivity contribution is -0.113. The first-order chi connectivity index (χ1) is 13.6. The van der Waals surface area contributed by atoms with Gasteiger partial charge in [-0.3, -0.25) is 9.36 Å². The average Bonchev–Trinajstić information content (AvgIpc) is 3.10. The van der Waals surface area contributed by atoms with E-state index < -0.39 is 0 Å². The van der Waals surface area contributed by atoms with Gasteiger partial charge in [0.25, 0.3) is 0 Å². The lowest BCUT2D eigenvalue weighted by Crippen LogP contribution is -2.15. The molecule has 0 fully saturated rings.